The van der Waals surface area contributed by atoms with Gasteiger partial charge < -0.3 is 5.11 Å². The second-order valence-corrected chi connectivity index (χ2v) is 4.33. The van der Waals surface area contributed by atoms with Gasteiger partial charge in [0.1, 0.15) is 0 Å². The van der Waals surface area contributed by atoms with Crippen molar-refractivity contribution in [3.05, 3.63) is 39.5 Å². The van der Waals surface area contributed by atoms with Crippen LogP contribution >= 0.6 is 22.6 Å². The number of benzene rings is 1. The molecule has 0 aliphatic carbocycles. The molecule has 78 valence electrons. The van der Waals surface area contributed by atoms with E-state index in [1.54, 1.807) is 0 Å². The maximum atomic E-state index is 10.8. The van der Waals surface area contributed by atoms with Crippen LogP contribution in [0.15, 0.2) is 30.3 Å². The molecule has 0 bridgehead atoms. The van der Waals surface area contributed by atoms with Crippen LogP contribution in [0.4, 0.5) is 0 Å². The normalized spacial score (nSPS) is 11.5. The summed E-state index contributed by atoms with van der Waals surface area (Å²) in [6, 6.07) is 7.66. The zero-order chi connectivity index (χ0) is 11.3. The molecule has 1 atom stereocenters. The average molecular weight is 315 g/mol. The molecule has 0 radical (unpaired) electrons. The summed E-state index contributed by atoms with van der Waals surface area (Å²) in [7, 11) is 0. The third kappa shape index (κ3) is 3.85. The molecule has 0 amide bonds. The van der Waals surface area contributed by atoms with E-state index in [0.29, 0.717) is 6.42 Å². The molecule has 0 spiro atoms. The molecule has 1 rings (SSSR count). The van der Waals surface area contributed by atoms with E-state index in [-0.39, 0.29) is 0 Å². The van der Waals surface area contributed by atoms with Gasteiger partial charge in [-0.1, -0.05) is 12.1 Å². The Morgan fingerprint density at radius 2 is 2.13 bits per heavy atom. The summed E-state index contributed by atoms with van der Waals surface area (Å²) in [6.07, 6.45) is 1.67. The molecule has 0 saturated carbocycles. The fourth-order valence-electron chi connectivity index (χ4n) is 1.19. The van der Waals surface area contributed by atoms with Gasteiger partial charge in [0.2, 0.25) is 0 Å². The van der Waals surface area contributed by atoms with Crippen LogP contribution in [0.2, 0.25) is 0 Å². The van der Waals surface area contributed by atoms with Crippen molar-refractivity contribution >= 4 is 34.4 Å². The molecule has 1 aromatic rings. The van der Waals surface area contributed by atoms with Crippen molar-refractivity contribution in [2.75, 3.05) is 0 Å². The number of rotatable bonds is 4. The summed E-state index contributed by atoms with van der Waals surface area (Å²) < 4.78 is 1.12. The third-order valence-electron chi connectivity index (χ3n) is 1.97. The molecule has 4 heteroatoms. The van der Waals surface area contributed by atoms with Crippen molar-refractivity contribution in [1.82, 2.24) is 0 Å². The lowest BCUT2D eigenvalue weighted by molar-refractivity contribution is -0.139. The molecule has 1 aromatic carbocycles. The Balaban J connectivity index is 2.78. The number of nitrogens with one attached hydrogen (secondary N) is 1. The van der Waals surface area contributed by atoms with Crippen LogP contribution in [0.1, 0.15) is 5.56 Å². The minimum atomic E-state index is -0.923. The van der Waals surface area contributed by atoms with Crippen molar-refractivity contribution < 1.29 is 9.90 Å². The molecule has 2 N–H and O–H groups in total. The molecular formula is C11H10INO2. The molecule has 3 nitrogen and oxygen atoms in total. The number of halogens is 1. The van der Waals surface area contributed by atoms with Crippen LogP contribution in [-0.2, 0) is 11.2 Å². The summed E-state index contributed by atoms with van der Waals surface area (Å²) in [4.78, 5) is 10.8. The van der Waals surface area contributed by atoms with Gasteiger partial charge in [0.25, 0.3) is 0 Å². The highest BCUT2D eigenvalue weighted by molar-refractivity contribution is 14.1. The van der Waals surface area contributed by atoms with Crippen LogP contribution in [0, 0.1) is 14.9 Å². The van der Waals surface area contributed by atoms with E-state index in [9.17, 15) is 4.79 Å². The zero-order valence-electron chi connectivity index (χ0n) is 7.90. The highest BCUT2D eigenvalue weighted by atomic mass is 127. The predicted octanol–water partition coefficient (Wildman–Crippen LogP) is 2.34. The molecule has 0 saturated heterocycles. The van der Waals surface area contributed by atoms with Gasteiger partial charge in [-0.3, -0.25) is 10.2 Å². The Labute approximate surface area is 101 Å². The van der Waals surface area contributed by atoms with Gasteiger partial charge in [0.05, 0.1) is 5.92 Å². The van der Waals surface area contributed by atoms with Gasteiger partial charge in [0, 0.05) is 3.57 Å². The number of hydrogen-bond acceptors (Lipinski definition) is 2. The lowest BCUT2D eigenvalue weighted by atomic mass is 10.00. The summed E-state index contributed by atoms with van der Waals surface area (Å²) in [6.45, 7) is 0. The topological polar surface area (TPSA) is 61.2 Å². The number of carboxylic acids is 1. The van der Waals surface area contributed by atoms with Crippen molar-refractivity contribution in [2.45, 2.75) is 6.42 Å². The molecule has 0 heterocycles. The highest BCUT2D eigenvalue weighted by Gasteiger charge is 2.14. The van der Waals surface area contributed by atoms with E-state index in [4.69, 9.17) is 10.5 Å². The minimum absolute atomic E-state index is 0.401. The largest absolute Gasteiger partial charge is 0.481 e. The minimum Gasteiger partial charge on any atom is -0.481 e. The van der Waals surface area contributed by atoms with E-state index in [2.05, 4.69) is 22.6 Å². The van der Waals surface area contributed by atoms with Gasteiger partial charge in [-0.05, 0) is 58.7 Å². The van der Waals surface area contributed by atoms with Gasteiger partial charge >= 0.3 is 5.97 Å². The highest BCUT2D eigenvalue weighted by Crippen LogP contribution is 2.12. The van der Waals surface area contributed by atoms with Crippen LogP contribution < -0.4 is 0 Å². The summed E-state index contributed by atoms with van der Waals surface area (Å²) in [5.74, 6) is 0.436. The number of aliphatic carboxylic acids is 1. The fourth-order valence-corrected chi connectivity index (χ4v) is 1.55. The van der Waals surface area contributed by atoms with Gasteiger partial charge in [-0.2, -0.15) is 0 Å². The summed E-state index contributed by atoms with van der Waals surface area (Å²) in [5.41, 5.74) is 0.953. The lowest BCUT2D eigenvalue weighted by Gasteiger charge is -2.06. The maximum Gasteiger partial charge on any atom is 0.311 e. The molecule has 15 heavy (non-hydrogen) atoms. The van der Waals surface area contributed by atoms with Gasteiger partial charge in [0.15, 0.2) is 0 Å². The van der Waals surface area contributed by atoms with Crippen molar-refractivity contribution in [2.24, 2.45) is 5.92 Å². The molecular weight excluding hydrogens is 305 g/mol. The van der Waals surface area contributed by atoms with E-state index in [1.807, 2.05) is 30.1 Å². The number of hydrogen-bond donors (Lipinski definition) is 2. The van der Waals surface area contributed by atoms with Crippen molar-refractivity contribution in [3.63, 3.8) is 0 Å². The third-order valence-corrected chi connectivity index (χ3v) is 2.69. The second-order valence-electron chi connectivity index (χ2n) is 3.09. The first kappa shape index (κ1) is 11.9. The monoisotopic (exact) mass is 315 g/mol. The van der Waals surface area contributed by atoms with Crippen molar-refractivity contribution in [3.8, 4) is 0 Å². The first-order valence-electron chi connectivity index (χ1n) is 4.36. The van der Waals surface area contributed by atoms with E-state index in [0.717, 1.165) is 9.13 Å². The molecule has 0 aliphatic rings. The van der Waals surface area contributed by atoms with Crippen LogP contribution in [0.25, 0.3) is 0 Å². The number of carboxylic acid groups (broad SMARTS) is 1. The number of carbonyl (C=O) groups is 1. The fraction of sp³-hybridized carbons (Fsp3) is 0.182. The Morgan fingerprint density at radius 1 is 1.53 bits per heavy atom. The first-order chi connectivity index (χ1) is 7.13. The summed E-state index contributed by atoms with van der Waals surface area (Å²) >= 11 is 2.19. The Hall–Kier alpha value is -1.13. The van der Waals surface area contributed by atoms with E-state index in [1.165, 1.54) is 6.08 Å². The first-order valence-corrected chi connectivity index (χ1v) is 5.44. The smallest absolute Gasteiger partial charge is 0.311 e. The summed E-state index contributed by atoms with van der Waals surface area (Å²) in [5, 5.41) is 15.6. The lowest BCUT2D eigenvalue weighted by Crippen LogP contribution is -2.14. The SMILES string of the molecule is N=C=CC(Cc1ccc(I)cc1)C(=O)O. The maximum absolute atomic E-state index is 10.8. The Bertz CT molecular complexity index is 392. The van der Waals surface area contributed by atoms with Crippen LogP contribution in [0.3, 0.4) is 0 Å². The van der Waals surface area contributed by atoms with Crippen LogP contribution in [0.5, 0.6) is 0 Å². The van der Waals surface area contributed by atoms with Crippen LogP contribution in [-0.4, -0.2) is 16.9 Å². The van der Waals surface area contributed by atoms with E-state index >= 15 is 0 Å². The average Bonchev–Trinajstić information content (AvgIpc) is 2.20. The molecule has 0 aromatic heterocycles. The van der Waals surface area contributed by atoms with Gasteiger partial charge in [-0.25, -0.2) is 0 Å². The molecule has 0 fully saturated rings. The van der Waals surface area contributed by atoms with E-state index < -0.39 is 11.9 Å². The Kier molecular flexibility index (Phi) is 4.52. The quantitative estimate of drug-likeness (QED) is 0.662. The molecule has 1 unspecified atom stereocenters. The second kappa shape index (κ2) is 5.68. The Morgan fingerprint density at radius 3 is 2.60 bits per heavy atom. The molecule has 0 aliphatic heterocycles. The zero-order valence-corrected chi connectivity index (χ0v) is 10.1. The van der Waals surface area contributed by atoms with Gasteiger partial charge in [-0.15, -0.1) is 0 Å². The standard InChI is InChI=1S/C11H10INO2/c12-10-3-1-8(2-4-10)7-9(5-6-13)11(14)15/h1-5,9,13H,7H2,(H,14,15). The predicted molar refractivity (Wildman–Crippen MR) is 66.3 cm³/mol. The van der Waals surface area contributed by atoms with Crippen molar-refractivity contribution in [1.29, 1.82) is 5.41 Å².